The minimum atomic E-state index is 0.224. The van der Waals surface area contributed by atoms with Crippen molar-refractivity contribution in [3.63, 3.8) is 0 Å². The van der Waals surface area contributed by atoms with E-state index in [0.717, 1.165) is 42.0 Å². The molecule has 0 aromatic carbocycles. The molecule has 5 rings (SSSR count). The maximum atomic E-state index is 5.87. The molecule has 1 aliphatic heterocycles. The van der Waals surface area contributed by atoms with Crippen LogP contribution < -0.4 is 11.1 Å². The lowest BCUT2D eigenvalue weighted by Gasteiger charge is -2.13. The highest BCUT2D eigenvalue weighted by Gasteiger charge is 2.26. The summed E-state index contributed by atoms with van der Waals surface area (Å²) in [4.78, 5) is 4.42. The summed E-state index contributed by atoms with van der Waals surface area (Å²) in [5.41, 5.74) is 9.88. The van der Waals surface area contributed by atoms with Gasteiger partial charge in [-0.15, -0.1) is 5.10 Å². The van der Waals surface area contributed by atoms with Gasteiger partial charge in [0.15, 0.2) is 5.82 Å². The Balaban J connectivity index is 1.51. The van der Waals surface area contributed by atoms with Crippen LogP contribution in [0.1, 0.15) is 37.3 Å². The van der Waals surface area contributed by atoms with E-state index in [1.54, 1.807) is 4.52 Å². The average molecular weight is 339 g/mol. The first-order valence-electron chi connectivity index (χ1n) is 8.84. The fourth-order valence-electron chi connectivity index (χ4n) is 3.47. The molecule has 0 bridgehead atoms. The van der Waals surface area contributed by atoms with E-state index in [0.29, 0.717) is 12.5 Å². The first kappa shape index (κ1) is 14.7. The minimum Gasteiger partial charge on any atom is -0.376 e. The van der Waals surface area contributed by atoms with Crippen molar-refractivity contribution in [2.45, 2.75) is 37.7 Å². The Hall–Kier alpha value is -2.61. The van der Waals surface area contributed by atoms with Crippen molar-refractivity contribution in [2.75, 3.05) is 24.2 Å². The van der Waals surface area contributed by atoms with Crippen molar-refractivity contribution in [2.24, 2.45) is 0 Å². The number of hydrogen-bond donors (Lipinski definition) is 3. The van der Waals surface area contributed by atoms with E-state index in [4.69, 9.17) is 10.5 Å². The molecule has 4 N–H and O–H groups in total. The third-order valence-electron chi connectivity index (χ3n) is 4.94. The smallest absolute Gasteiger partial charge is 0.240 e. The van der Waals surface area contributed by atoms with E-state index in [1.165, 1.54) is 18.5 Å². The second kappa shape index (κ2) is 5.73. The second-order valence-electron chi connectivity index (χ2n) is 6.84. The van der Waals surface area contributed by atoms with Crippen LogP contribution in [0, 0.1) is 0 Å². The summed E-state index contributed by atoms with van der Waals surface area (Å²) in [7, 11) is 0. The van der Waals surface area contributed by atoms with Gasteiger partial charge in [0.25, 0.3) is 0 Å². The Morgan fingerprint density at radius 2 is 2.28 bits per heavy atom. The maximum absolute atomic E-state index is 5.87. The molecule has 2 fully saturated rings. The SMILES string of the molecule is Nc1nc(NC[C@@H]2CCCO2)c2c(-c3cc(C4CC4)[nH]n3)ccn2n1. The van der Waals surface area contributed by atoms with Crippen LogP contribution in [0.2, 0.25) is 0 Å². The third-order valence-corrected chi connectivity index (χ3v) is 4.94. The number of H-pyrrole nitrogens is 1. The molecule has 25 heavy (non-hydrogen) atoms. The quantitative estimate of drug-likeness (QED) is 0.658. The number of fused-ring (bicyclic) bond motifs is 1. The van der Waals surface area contributed by atoms with Gasteiger partial charge in [0.1, 0.15) is 5.52 Å². The van der Waals surface area contributed by atoms with Crippen LogP contribution in [-0.4, -0.2) is 44.1 Å². The largest absolute Gasteiger partial charge is 0.376 e. The number of aromatic nitrogens is 5. The third kappa shape index (κ3) is 2.72. The molecule has 0 unspecified atom stereocenters. The van der Waals surface area contributed by atoms with Gasteiger partial charge in [-0.2, -0.15) is 10.1 Å². The molecule has 1 atom stereocenters. The lowest BCUT2D eigenvalue weighted by Crippen LogP contribution is -2.20. The molecule has 1 aliphatic carbocycles. The minimum absolute atomic E-state index is 0.224. The van der Waals surface area contributed by atoms with Gasteiger partial charge in [-0.3, -0.25) is 5.10 Å². The molecule has 3 aromatic rings. The second-order valence-corrected chi connectivity index (χ2v) is 6.84. The first-order valence-corrected chi connectivity index (χ1v) is 8.84. The molecule has 0 spiro atoms. The van der Waals surface area contributed by atoms with Crippen LogP contribution in [0.25, 0.3) is 16.8 Å². The summed E-state index contributed by atoms with van der Waals surface area (Å²) in [6, 6.07) is 4.14. The molecular formula is C17H21N7O. The lowest BCUT2D eigenvalue weighted by atomic mass is 10.1. The maximum Gasteiger partial charge on any atom is 0.240 e. The standard InChI is InChI=1S/C17H21N7O/c18-17-20-16(19-9-11-2-1-7-25-11)15-12(5-6-24(15)23-17)14-8-13(21-22-14)10-3-4-10/h5-6,8,10-11H,1-4,7,9H2,(H,21,22)(H3,18,19,20,23)/t11-/m0/s1. The van der Waals surface area contributed by atoms with Crippen molar-refractivity contribution >= 4 is 17.3 Å². The zero-order valence-corrected chi connectivity index (χ0v) is 13.9. The lowest BCUT2D eigenvalue weighted by molar-refractivity contribution is 0.120. The van der Waals surface area contributed by atoms with Crippen molar-refractivity contribution in [3.8, 4) is 11.3 Å². The fourth-order valence-corrected chi connectivity index (χ4v) is 3.47. The zero-order valence-electron chi connectivity index (χ0n) is 13.9. The molecule has 4 heterocycles. The number of ether oxygens (including phenoxy) is 1. The number of rotatable bonds is 5. The Labute approximate surface area is 144 Å². The number of aromatic amines is 1. The molecule has 2 aliphatic rings. The van der Waals surface area contributed by atoms with Crippen molar-refractivity contribution in [1.29, 1.82) is 0 Å². The van der Waals surface area contributed by atoms with Crippen molar-refractivity contribution < 1.29 is 4.74 Å². The van der Waals surface area contributed by atoms with Crippen molar-refractivity contribution in [3.05, 3.63) is 24.0 Å². The average Bonchev–Trinajstić information content (AvgIpc) is 3.04. The number of nitrogen functional groups attached to an aromatic ring is 1. The zero-order chi connectivity index (χ0) is 16.8. The Morgan fingerprint density at radius 1 is 1.36 bits per heavy atom. The van der Waals surface area contributed by atoms with Gasteiger partial charge in [-0.05, 0) is 37.8 Å². The number of nitrogens with two attached hydrogens (primary N) is 1. The van der Waals surface area contributed by atoms with Gasteiger partial charge in [0.2, 0.25) is 5.95 Å². The van der Waals surface area contributed by atoms with E-state index in [1.807, 2.05) is 12.3 Å². The van der Waals surface area contributed by atoms with Crippen LogP contribution in [0.5, 0.6) is 0 Å². The molecule has 3 aromatic heterocycles. The summed E-state index contributed by atoms with van der Waals surface area (Å²) in [6.45, 7) is 1.55. The molecule has 8 nitrogen and oxygen atoms in total. The van der Waals surface area contributed by atoms with Crippen LogP contribution >= 0.6 is 0 Å². The van der Waals surface area contributed by atoms with Gasteiger partial charge in [0, 0.05) is 36.5 Å². The molecular weight excluding hydrogens is 318 g/mol. The monoisotopic (exact) mass is 339 g/mol. The van der Waals surface area contributed by atoms with E-state index in [2.05, 4.69) is 31.7 Å². The van der Waals surface area contributed by atoms with Crippen LogP contribution in [0.15, 0.2) is 18.3 Å². The predicted molar refractivity (Wildman–Crippen MR) is 94.4 cm³/mol. The van der Waals surface area contributed by atoms with Crippen LogP contribution in [-0.2, 0) is 4.74 Å². The van der Waals surface area contributed by atoms with Crippen LogP contribution in [0.4, 0.5) is 11.8 Å². The highest BCUT2D eigenvalue weighted by molar-refractivity contribution is 5.87. The van der Waals surface area contributed by atoms with Gasteiger partial charge in [-0.1, -0.05) is 0 Å². The molecule has 1 saturated heterocycles. The highest BCUT2D eigenvalue weighted by Crippen LogP contribution is 2.40. The van der Waals surface area contributed by atoms with E-state index < -0.39 is 0 Å². The number of hydrogen-bond acceptors (Lipinski definition) is 6. The van der Waals surface area contributed by atoms with Gasteiger partial charge in [0.05, 0.1) is 11.8 Å². The summed E-state index contributed by atoms with van der Waals surface area (Å²) in [5.74, 6) is 1.60. The fraction of sp³-hybridized carbons (Fsp3) is 0.471. The van der Waals surface area contributed by atoms with E-state index in [-0.39, 0.29) is 12.1 Å². The van der Waals surface area contributed by atoms with Crippen LogP contribution in [0.3, 0.4) is 0 Å². The highest BCUT2D eigenvalue weighted by atomic mass is 16.5. The first-order chi connectivity index (χ1) is 12.3. The summed E-state index contributed by atoms with van der Waals surface area (Å²) in [6.07, 6.45) is 6.79. The van der Waals surface area contributed by atoms with E-state index >= 15 is 0 Å². The summed E-state index contributed by atoms with van der Waals surface area (Å²) >= 11 is 0. The molecule has 0 amide bonds. The van der Waals surface area contributed by atoms with E-state index in [9.17, 15) is 0 Å². The summed E-state index contributed by atoms with van der Waals surface area (Å²) in [5, 5.41) is 15.3. The van der Waals surface area contributed by atoms with Gasteiger partial charge >= 0.3 is 0 Å². The Kier molecular flexibility index (Phi) is 3.37. The number of anilines is 2. The molecule has 0 radical (unpaired) electrons. The topological polar surface area (TPSA) is 106 Å². The molecule has 1 saturated carbocycles. The normalized spacial score (nSPS) is 20.4. The number of nitrogens with zero attached hydrogens (tertiary/aromatic N) is 4. The number of nitrogens with one attached hydrogen (secondary N) is 2. The molecule has 130 valence electrons. The van der Waals surface area contributed by atoms with Crippen molar-refractivity contribution in [1.82, 2.24) is 24.8 Å². The van der Waals surface area contributed by atoms with Gasteiger partial charge < -0.3 is 15.8 Å². The van der Waals surface area contributed by atoms with Gasteiger partial charge in [-0.25, -0.2) is 4.52 Å². The Morgan fingerprint density at radius 3 is 3.08 bits per heavy atom. The molecule has 8 heteroatoms. The summed E-state index contributed by atoms with van der Waals surface area (Å²) < 4.78 is 7.45. The predicted octanol–water partition coefficient (Wildman–Crippen LogP) is 2.17. The Bertz CT molecular complexity index is 905.